The van der Waals surface area contributed by atoms with Gasteiger partial charge < -0.3 is 0 Å². The summed E-state index contributed by atoms with van der Waals surface area (Å²) in [5.74, 6) is 0. The Balaban J connectivity index is 1.21. The van der Waals surface area contributed by atoms with Gasteiger partial charge in [0.1, 0.15) is 0 Å². The first-order valence-corrected chi connectivity index (χ1v) is 23.9. The number of rotatable bonds is 13. The summed E-state index contributed by atoms with van der Waals surface area (Å²) < 4.78 is 3.06. The highest BCUT2D eigenvalue weighted by Crippen LogP contribution is 2.76. The van der Waals surface area contributed by atoms with Gasteiger partial charge in [0.25, 0.3) is 0 Å². The topological polar surface area (TPSA) is 3.24 Å². The number of hydrogen-bond acceptors (Lipinski definition) is 1. The molecule has 8 aromatic rings. The van der Waals surface area contributed by atoms with E-state index in [9.17, 15) is 0 Å². The maximum atomic E-state index is 3.06. The zero-order chi connectivity index (χ0) is 39.8. The molecule has 0 aliphatic carbocycles. The highest BCUT2D eigenvalue weighted by molar-refractivity contribution is 7.79. The van der Waals surface area contributed by atoms with Gasteiger partial charge in [0, 0.05) is 25.9 Å². The van der Waals surface area contributed by atoms with E-state index < -0.39 is 16.1 Å². The van der Waals surface area contributed by atoms with E-state index in [1.165, 1.54) is 79.1 Å². The predicted molar refractivity (Wildman–Crippen MR) is 257 cm³/mol. The van der Waals surface area contributed by atoms with Crippen LogP contribution >= 0.6 is 16.1 Å². The molecule has 0 spiro atoms. The first-order valence-electron chi connectivity index (χ1n) is 21.2. The van der Waals surface area contributed by atoms with E-state index in [0.29, 0.717) is 11.3 Å². The Bertz CT molecular complexity index is 2400. The van der Waals surface area contributed by atoms with Crippen LogP contribution in [0.25, 0.3) is 44.5 Å². The summed E-state index contributed by atoms with van der Waals surface area (Å²) in [4.78, 5) is 0. The van der Waals surface area contributed by atoms with E-state index >= 15 is 0 Å². The second kappa shape index (κ2) is 18.7. The van der Waals surface area contributed by atoms with Gasteiger partial charge in [0.15, 0.2) is 0 Å². The molecule has 0 amide bonds. The summed E-state index contributed by atoms with van der Waals surface area (Å²) in [5, 5.41) is 2.84. The molecule has 0 bridgehead atoms. The molecule has 0 N–H and O–H groups in total. The fourth-order valence-corrected chi connectivity index (χ4v) is 16.4. The molecule has 1 nitrogen and oxygen atoms in total. The summed E-state index contributed by atoms with van der Waals surface area (Å²) in [6.45, 7) is 3.43. The molecule has 59 heavy (non-hydrogen) atoms. The van der Waals surface area contributed by atoms with Gasteiger partial charge in [-0.1, -0.05) is 207 Å². The first kappa shape index (κ1) is 39.1. The lowest BCUT2D eigenvalue weighted by Gasteiger charge is -2.42. The van der Waals surface area contributed by atoms with Crippen molar-refractivity contribution in [2.45, 2.75) is 43.9 Å². The van der Waals surface area contributed by atoms with Gasteiger partial charge in [-0.05, 0) is 118 Å². The SMILES string of the molecule is CCCCN(P(c1cccc(-c2cccc(-c3ccccc3)c2)c1)c1cccc(-c2cccc(-c3ccccc3)c2)c1)P1C(c2ccccc2)CCC1c1ccccc1. The number of benzene rings is 8. The maximum Gasteiger partial charge on any atom is 0.0319 e. The smallest absolute Gasteiger partial charge is 0.0319 e. The van der Waals surface area contributed by atoms with Gasteiger partial charge in [-0.15, -0.1) is 0 Å². The van der Waals surface area contributed by atoms with E-state index in [1.54, 1.807) is 0 Å². The molecule has 8 aromatic carbocycles. The standard InChI is InChI=1S/C56H51NP2/c1-2-3-38-57(59-55(45-24-12-6-13-25-45)36-37-56(59)46-26-14-7-15-27-46)58(53-34-18-32-51(41-53)49-30-16-28-47(39-49)43-20-8-4-9-21-43)54-35-19-33-52(42-54)50-31-17-29-48(40-50)44-22-10-5-11-23-44/h4-35,39-42,55-56H,2-3,36-38H2,1H3. The number of unbranched alkanes of at least 4 members (excludes halogenated alkanes) is 1. The Kier molecular flexibility index (Phi) is 12.4. The van der Waals surface area contributed by atoms with E-state index in [0.717, 1.165) is 19.4 Å². The monoisotopic (exact) mass is 799 g/mol. The lowest BCUT2D eigenvalue weighted by atomic mass is 9.99. The molecular weight excluding hydrogens is 749 g/mol. The van der Waals surface area contributed by atoms with Crippen molar-refractivity contribution in [3.63, 3.8) is 0 Å². The molecule has 1 aliphatic heterocycles. The molecular formula is C56H51NP2. The fraction of sp³-hybridized carbons (Fsp3) is 0.143. The summed E-state index contributed by atoms with van der Waals surface area (Å²) >= 11 is 0. The van der Waals surface area contributed by atoms with Gasteiger partial charge in [0.05, 0.1) is 0 Å². The van der Waals surface area contributed by atoms with Crippen LogP contribution in [0.2, 0.25) is 0 Å². The van der Waals surface area contributed by atoms with Gasteiger partial charge >= 0.3 is 0 Å². The zero-order valence-electron chi connectivity index (χ0n) is 33.8. The van der Waals surface area contributed by atoms with Crippen molar-refractivity contribution < 1.29 is 0 Å². The molecule has 0 radical (unpaired) electrons. The number of hydrogen-bond donors (Lipinski definition) is 0. The van der Waals surface area contributed by atoms with Crippen molar-refractivity contribution in [3.8, 4) is 44.5 Å². The van der Waals surface area contributed by atoms with Crippen molar-refractivity contribution >= 4 is 26.8 Å². The highest BCUT2D eigenvalue weighted by atomic mass is 31.2. The van der Waals surface area contributed by atoms with E-state index in [1.807, 2.05) is 0 Å². The fourth-order valence-electron chi connectivity index (χ4n) is 8.79. The van der Waals surface area contributed by atoms with Crippen LogP contribution in [-0.2, 0) is 0 Å². The van der Waals surface area contributed by atoms with Crippen LogP contribution in [0.3, 0.4) is 0 Å². The quantitative estimate of drug-likeness (QED) is 0.105. The van der Waals surface area contributed by atoms with Gasteiger partial charge in [-0.25, -0.2) is 0 Å². The Labute approximate surface area is 354 Å². The molecule has 9 rings (SSSR count). The van der Waals surface area contributed by atoms with Crippen LogP contribution in [0.4, 0.5) is 0 Å². The lowest BCUT2D eigenvalue weighted by molar-refractivity contribution is 0.632. The molecule has 1 aliphatic rings. The molecule has 1 heterocycles. The van der Waals surface area contributed by atoms with Crippen molar-refractivity contribution in [1.29, 1.82) is 0 Å². The maximum absolute atomic E-state index is 3.06. The third-order valence-electron chi connectivity index (χ3n) is 11.7. The summed E-state index contributed by atoms with van der Waals surface area (Å²) in [6.07, 6.45) is 4.74. The van der Waals surface area contributed by atoms with Crippen LogP contribution in [0.15, 0.2) is 218 Å². The zero-order valence-corrected chi connectivity index (χ0v) is 35.6. The Morgan fingerprint density at radius 1 is 0.407 bits per heavy atom. The van der Waals surface area contributed by atoms with Crippen LogP contribution in [0, 0.1) is 0 Å². The van der Waals surface area contributed by atoms with Crippen LogP contribution in [-0.4, -0.2) is 11.0 Å². The minimum atomic E-state index is -0.925. The van der Waals surface area contributed by atoms with Crippen molar-refractivity contribution in [1.82, 2.24) is 4.44 Å². The average Bonchev–Trinajstić information content (AvgIpc) is 3.77. The van der Waals surface area contributed by atoms with Gasteiger partial charge in [0.2, 0.25) is 0 Å². The first-order chi connectivity index (χ1) is 29.2. The highest BCUT2D eigenvalue weighted by Gasteiger charge is 2.44. The predicted octanol–water partition coefficient (Wildman–Crippen LogP) is 15.5. The molecule has 290 valence electrons. The Morgan fingerprint density at radius 3 is 1.15 bits per heavy atom. The van der Waals surface area contributed by atoms with Crippen LogP contribution in [0.1, 0.15) is 55.1 Å². The van der Waals surface area contributed by atoms with Crippen molar-refractivity contribution in [2.24, 2.45) is 0 Å². The molecule has 0 aromatic heterocycles. The summed E-state index contributed by atoms with van der Waals surface area (Å²) in [6, 6.07) is 81.8. The molecule has 3 heteroatoms. The van der Waals surface area contributed by atoms with Crippen molar-refractivity contribution in [3.05, 3.63) is 230 Å². The van der Waals surface area contributed by atoms with E-state index in [-0.39, 0.29) is 0 Å². The van der Waals surface area contributed by atoms with E-state index in [2.05, 4.69) is 230 Å². The molecule has 2 atom stereocenters. The second-order valence-electron chi connectivity index (χ2n) is 15.6. The van der Waals surface area contributed by atoms with Crippen LogP contribution in [0.5, 0.6) is 0 Å². The Hall–Kier alpha value is -5.42. The van der Waals surface area contributed by atoms with Crippen LogP contribution < -0.4 is 10.6 Å². The summed E-state index contributed by atoms with van der Waals surface area (Å²) in [5.41, 5.74) is 14.0. The molecule has 0 saturated carbocycles. The normalized spacial score (nSPS) is 16.4. The number of nitrogens with zero attached hydrogens (tertiary/aromatic N) is 1. The largest absolute Gasteiger partial charge is 0.251 e. The molecule has 2 unspecified atom stereocenters. The van der Waals surface area contributed by atoms with Gasteiger partial charge in [-0.2, -0.15) is 0 Å². The summed E-state index contributed by atoms with van der Waals surface area (Å²) in [7, 11) is -1.55. The van der Waals surface area contributed by atoms with Gasteiger partial charge in [-0.3, -0.25) is 4.44 Å². The lowest BCUT2D eigenvalue weighted by Crippen LogP contribution is -2.28. The minimum absolute atomic E-state index is 0.495. The minimum Gasteiger partial charge on any atom is -0.251 e. The Morgan fingerprint density at radius 2 is 0.746 bits per heavy atom. The second-order valence-corrected chi connectivity index (χ2v) is 20.5. The van der Waals surface area contributed by atoms with E-state index in [4.69, 9.17) is 0 Å². The molecule has 1 fully saturated rings. The third kappa shape index (κ3) is 8.81. The third-order valence-corrected chi connectivity index (χ3v) is 18.2. The average molecular weight is 800 g/mol. The van der Waals surface area contributed by atoms with Crippen molar-refractivity contribution in [2.75, 3.05) is 6.54 Å². The molecule has 1 saturated heterocycles.